The molecule has 0 heterocycles. The summed E-state index contributed by atoms with van der Waals surface area (Å²) in [7, 11) is 0. The van der Waals surface area contributed by atoms with Crippen LogP contribution in [0.4, 0.5) is 0 Å². The minimum atomic E-state index is 0.102. The number of unbranched alkanes of at least 4 members (excludes halogenated alkanes) is 1. The molecule has 3 fully saturated rings. The summed E-state index contributed by atoms with van der Waals surface area (Å²) in [5.74, 6) is 2.17. The highest BCUT2D eigenvalue weighted by atomic mass is 16.3. The molecule has 3 rings (SSSR count). The van der Waals surface area contributed by atoms with Gasteiger partial charge in [0.2, 0.25) is 0 Å². The quantitative estimate of drug-likeness (QED) is 0.687. The van der Waals surface area contributed by atoms with Crippen molar-refractivity contribution < 1.29 is 5.11 Å². The fourth-order valence-electron chi connectivity index (χ4n) is 4.29. The summed E-state index contributed by atoms with van der Waals surface area (Å²) in [6, 6.07) is 0. The van der Waals surface area contributed by atoms with Crippen LogP contribution in [-0.4, -0.2) is 5.11 Å². The summed E-state index contributed by atoms with van der Waals surface area (Å²) in [5.41, 5.74) is 0.407. The summed E-state index contributed by atoms with van der Waals surface area (Å²) in [6.45, 7) is 9.20. The van der Waals surface area contributed by atoms with Gasteiger partial charge >= 0.3 is 0 Å². The molecule has 1 nitrogen and oxygen atoms in total. The molecule has 1 N–H and O–H groups in total. The van der Waals surface area contributed by atoms with E-state index < -0.39 is 0 Å². The van der Waals surface area contributed by atoms with Gasteiger partial charge in [0.15, 0.2) is 0 Å². The Balaban J connectivity index is 2.28. The zero-order valence-electron chi connectivity index (χ0n) is 11.2. The lowest BCUT2D eigenvalue weighted by Crippen LogP contribution is -2.62. The number of hydrogen-bond acceptors (Lipinski definition) is 1. The Bertz CT molecular complexity index is 303. The molecule has 0 aliphatic heterocycles. The van der Waals surface area contributed by atoms with E-state index in [4.69, 9.17) is 0 Å². The molecule has 3 aliphatic carbocycles. The maximum Gasteiger partial charge on any atom is 0.0952 e. The molecule has 0 aromatic carbocycles. The van der Waals surface area contributed by atoms with Crippen LogP contribution in [0.15, 0.2) is 11.8 Å². The minimum absolute atomic E-state index is 0.102. The van der Waals surface area contributed by atoms with Crippen LogP contribution in [0, 0.1) is 22.7 Å². The van der Waals surface area contributed by atoms with E-state index in [2.05, 4.69) is 33.8 Å². The highest BCUT2D eigenvalue weighted by molar-refractivity contribution is 5.25. The highest BCUT2D eigenvalue weighted by Gasteiger charge is 2.66. The van der Waals surface area contributed by atoms with Crippen LogP contribution in [0.5, 0.6) is 0 Å². The van der Waals surface area contributed by atoms with Crippen molar-refractivity contribution in [2.75, 3.05) is 0 Å². The van der Waals surface area contributed by atoms with Crippen LogP contribution >= 0.6 is 0 Å². The van der Waals surface area contributed by atoms with Crippen molar-refractivity contribution in [3.63, 3.8) is 0 Å². The van der Waals surface area contributed by atoms with Crippen molar-refractivity contribution in [3.8, 4) is 0 Å². The molecule has 2 bridgehead atoms. The number of allylic oxidation sites excluding steroid dienone is 2. The highest BCUT2D eigenvalue weighted by Crippen LogP contribution is 2.72. The summed E-state index contributed by atoms with van der Waals surface area (Å²) in [5, 5.41) is 10.5. The monoisotopic (exact) mass is 222 g/mol. The first-order valence-electron chi connectivity index (χ1n) is 6.86. The van der Waals surface area contributed by atoms with E-state index in [9.17, 15) is 5.11 Å². The summed E-state index contributed by atoms with van der Waals surface area (Å²) in [4.78, 5) is 0. The summed E-state index contributed by atoms with van der Waals surface area (Å²) < 4.78 is 0. The Morgan fingerprint density at radius 1 is 1.38 bits per heavy atom. The maximum atomic E-state index is 10.5. The minimum Gasteiger partial charge on any atom is -0.512 e. The topological polar surface area (TPSA) is 20.2 Å². The zero-order valence-corrected chi connectivity index (χ0v) is 11.2. The number of rotatable bonds is 3. The number of hydrogen-bond donors (Lipinski definition) is 1. The van der Waals surface area contributed by atoms with Crippen LogP contribution in [0.1, 0.15) is 59.8 Å². The molecule has 3 aliphatic rings. The third kappa shape index (κ3) is 1.30. The Labute approximate surface area is 99.9 Å². The van der Waals surface area contributed by atoms with Gasteiger partial charge in [-0.2, -0.15) is 0 Å². The van der Waals surface area contributed by atoms with Crippen LogP contribution in [0.25, 0.3) is 0 Å². The molecule has 3 saturated carbocycles. The van der Waals surface area contributed by atoms with E-state index in [1.165, 1.54) is 19.3 Å². The second kappa shape index (κ2) is 3.78. The third-order valence-electron chi connectivity index (χ3n) is 5.61. The van der Waals surface area contributed by atoms with Crippen LogP contribution in [-0.2, 0) is 0 Å². The Morgan fingerprint density at radius 3 is 2.56 bits per heavy atom. The van der Waals surface area contributed by atoms with Crippen LogP contribution < -0.4 is 0 Å². The van der Waals surface area contributed by atoms with Crippen molar-refractivity contribution in [1.29, 1.82) is 0 Å². The van der Waals surface area contributed by atoms with Crippen molar-refractivity contribution >= 4 is 0 Å². The first-order chi connectivity index (χ1) is 7.46. The first-order valence-corrected chi connectivity index (χ1v) is 6.86. The lowest BCUT2D eigenvalue weighted by molar-refractivity contribution is -0.186. The van der Waals surface area contributed by atoms with E-state index in [0.29, 0.717) is 17.1 Å². The van der Waals surface area contributed by atoms with Gasteiger partial charge in [-0.25, -0.2) is 0 Å². The van der Waals surface area contributed by atoms with Gasteiger partial charge in [0, 0.05) is 5.41 Å². The number of fused-ring (bicyclic) bond motifs is 2. The van der Waals surface area contributed by atoms with Gasteiger partial charge in [-0.05, 0) is 49.0 Å². The molecular weight excluding hydrogens is 196 g/mol. The molecular formula is C15H26O. The van der Waals surface area contributed by atoms with Gasteiger partial charge < -0.3 is 5.11 Å². The average Bonchev–Trinajstić information content (AvgIpc) is 2.25. The van der Waals surface area contributed by atoms with Crippen molar-refractivity contribution in [3.05, 3.63) is 11.8 Å². The molecule has 92 valence electrons. The van der Waals surface area contributed by atoms with Crippen molar-refractivity contribution in [1.82, 2.24) is 0 Å². The van der Waals surface area contributed by atoms with Crippen molar-refractivity contribution in [2.24, 2.45) is 22.7 Å². The number of aliphatic hydroxyl groups excluding tert-OH is 1. The maximum absolute atomic E-state index is 10.5. The molecule has 0 radical (unpaired) electrons. The van der Waals surface area contributed by atoms with Gasteiger partial charge in [-0.3, -0.25) is 0 Å². The van der Waals surface area contributed by atoms with Gasteiger partial charge in [0.25, 0.3) is 0 Å². The molecule has 0 aromatic rings. The molecule has 0 spiro atoms. The summed E-state index contributed by atoms with van der Waals surface area (Å²) >= 11 is 0. The largest absolute Gasteiger partial charge is 0.512 e. The van der Waals surface area contributed by atoms with E-state index in [1.54, 1.807) is 0 Å². The third-order valence-corrected chi connectivity index (χ3v) is 5.61. The SMILES string of the molecule is CCCC=C(O)C12CC(CCC1C)C2(C)C. The van der Waals surface area contributed by atoms with E-state index in [0.717, 1.165) is 18.8 Å². The summed E-state index contributed by atoms with van der Waals surface area (Å²) in [6.07, 6.45) is 8.08. The Morgan fingerprint density at radius 2 is 2.06 bits per heavy atom. The second-order valence-electron chi connectivity index (χ2n) is 6.45. The van der Waals surface area contributed by atoms with Crippen LogP contribution in [0.2, 0.25) is 0 Å². The van der Waals surface area contributed by atoms with E-state index >= 15 is 0 Å². The zero-order chi connectivity index (χ0) is 12.0. The van der Waals surface area contributed by atoms with Crippen molar-refractivity contribution in [2.45, 2.75) is 59.8 Å². The first kappa shape index (κ1) is 12.0. The molecule has 3 atom stereocenters. The normalized spacial score (nSPS) is 41.6. The molecule has 0 amide bonds. The predicted molar refractivity (Wildman–Crippen MR) is 68.3 cm³/mol. The van der Waals surface area contributed by atoms with Gasteiger partial charge in [-0.1, -0.05) is 34.1 Å². The molecule has 0 aromatic heterocycles. The lowest BCUT2D eigenvalue weighted by atomic mass is 9.36. The molecule has 16 heavy (non-hydrogen) atoms. The van der Waals surface area contributed by atoms with Gasteiger partial charge in [0.05, 0.1) is 5.76 Å². The Kier molecular flexibility index (Phi) is 2.84. The standard InChI is InChI=1S/C15H26O/c1-5-6-7-13(16)15-10-12(14(15,3)4)9-8-11(15)2/h7,11-12,16H,5-6,8-10H2,1-4H3. The van der Waals surface area contributed by atoms with Gasteiger partial charge in [0.1, 0.15) is 0 Å². The smallest absolute Gasteiger partial charge is 0.0952 e. The predicted octanol–water partition coefficient (Wildman–Crippen LogP) is 4.69. The second-order valence-corrected chi connectivity index (χ2v) is 6.45. The van der Waals surface area contributed by atoms with Gasteiger partial charge in [-0.15, -0.1) is 0 Å². The fourth-order valence-corrected chi connectivity index (χ4v) is 4.29. The Hall–Kier alpha value is -0.460. The lowest BCUT2D eigenvalue weighted by Gasteiger charge is -2.68. The van der Waals surface area contributed by atoms with E-state index in [-0.39, 0.29) is 5.41 Å². The number of aliphatic hydroxyl groups is 1. The van der Waals surface area contributed by atoms with Crippen LogP contribution in [0.3, 0.4) is 0 Å². The fraction of sp³-hybridized carbons (Fsp3) is 0.867. The van der Waals surface area contributed by atoms with E-state index in [1.807, 2.05) is 0 Å². The molecule has 1 heteroatoms. The molecule has 0 saturated heterocycles. The molecule has 3 unspecified atom stereocenters. The average molecular weight is 222 g/mol.